The van der Waals surface area contributed by atoms with Crippen molar-refractivity contribution in [3.63, 3.8) is 0 Å². The zero-order chi connectivity index (χ0) is 16.3. The molecule has 6 nitrogen and oxygen atoms in total. The summed E-state index contributed by atoms with van der Waals surface area (Å²) in [6.07, 6.45) is 0. The first kappa shape index (κ1) is 16.0. The van der Waals surface area contributed by atoms with Gasteiger partial charge in [0.05, 0.1) is 11.9 Å². The minimum absolute atomic E-state index is 0.155. The van der Waals surface area contributed by atoms with Gasteiger partial charge < -0.3 is 19.6 Å². The highest BCUT2D eigenvalue weighted by Gasteiger charge is 2.16. The maximum atomic E-state index is 12.0. The lowest BCUT2D eigenvalue weighted by molar-refractivity contribution is -0.157. The summed E-state index contributed by atoms with van der Waals surface area (Å²) in [6.45, 7) is 5.26. The summed E-state index contributed by atoms with van der Waals surface area (Å²) in [5, 5.41) is 0.374. The molecule has 1 heterocycles. The van der Waals surface area contributed by atoms with Gasteiger partial charge in [0, 0.05) is 6.07 Å². The van der Waals surface area contributed by atoms with E-state index < -0.39 is 11.6 Å². The molecule has 1 aromatic carbocycles. The Morgan fingerprint density at radius 1 is 1.27 bits per heavy atom. The molecule has 2 N–H and O–H groups in total. The molecule has 118 valence electrons. The van der Waals surface area contributed by atoms with Gasteiger partial charge >= 0.3 is 5.97 Å². The molecule has 0 atom stereocenters. The zero-order valence-corrected chi connectivity index (χ0v) is 12.8. The molecular formula is C16H19NO5. The highest BCUT2D eigenvalue weighted by molar-refractivity contribution is 5.78. The molecule has 0 fully saturated rings. The van der Waals surface area contributed by atoms with Crippen molar-refractivity contribution in [2.45, 2.75) is 32.9 Å². The van der Waals surface area contributed by atoms with Crippen molar-refractivity contribution in [2.24, 2.45) is 5.73 Å². The Balaban J connectivity index is 2.15. The Morgan fingerprint density at radius 3 is 2.64 bits per heavy atom. The monoisotopic (exact) mass is 305 g/mol. The third kappa shape index (κ3) is 4.08. The first-order chi connectivity index (χ1) is 10.3. The second-order valence-corrected chi connectivity index (χ2v) is 5.81. The van der Waals surface area contributed by atoms with Crippen molar-refractivity contribution in [3.05, 3.63) is 40.2 Å². The van der Waals surface area contributed by atoms with Crippen LogP contribution in [0.3, 0.4) is 0 Å². The molecule has 22 heavy (non-hydrogen) atoms. The number of rotatable bonds is 4. The molecule has 0 saturated carbocycles. The number of fused-ring (bicyclic) bond motifs is 1. The average molecular weight is 305 g/mol. The van der Waals surface area contributed by atoms with Gasteiger partial charge in [-0.15, -0.1) is 0 Å². The number of hydrogen-bond donors (Lipinski definition) is 1. The lowest BCUT2D eigenvalue weighted by Crippen LogP contribution is -2.27. The van der Waals surface area contributed by atoms with E-state index in [4.69, 9.17) is 19.6 Å². The van der Waals surface area contributed by atoms with Gasteiger partial charge in [-0.25, -0.2) is 4.79 Å². The minimum Gasteiger partial charge on any atom is -0.482 e. The van der Waals surface area contributed by atoms with E-state index in [9.17, 15) is 9.59 Å². The fraction of sp³-hybridized carbons (Fsp3) is 0.375. The van der Waals surface area contributed by atoms with Crippen molar-refractivity contribution in [3.8, 4) is 5.75 Å². The van der Waals surface area contributed by atoms with Crippen LogP contribution in [0.2, 0.25) is 0 Å². The number of carbonyl (C=O) groups is 1. The normalized spacial score (nSPS) is 11.5. The van der Waals surface area contributed by atoms with Crippen molar-refractivity contribution >= 4 is 16.9 Å². The second-order valence-electron chi connectivity index (χ2n) is 5.81. The van der Waals surface area contributed by atoms with Gasteiger partial charge in [0.1, 0.15) is 22.7 Å². The molecule has 1 aromatic heterocycles. The zero-order valence-electron chi connectivity index (χ0n) is 12.8. The first-order valence-corrected chi connectivity index (χ1v) is 6.90. The molecule has 0 radical (unpaired) electrons. The lowest BCUT2D eigenvalue weighted by atomic mass is 10.2. The van der Waals surface area contributed by atoms with Crippen LogP contribution in [0.5, 0.6) is 5.75 Å². The van der Waals surface area contributed by atoms with E-state index in [0.717, 1.165) is 0 Å². The lowest BCUT2D eigenvalue weighted by Gasteiger charge is -2.19. The third-order valence-corrected chi connectivity index (χ3v) is 2.73. The van der Waals surface area contributed by atoms with Gasteiger partial charge in [0.15, 0.2) is 12.0 Å². The molecule has 0 amide bonds. The Labute approximate surface area is 127 Å². The Hall–Kier alpha value is -2.34. The highest BCUT2D eigenvalue weighted by Crippen LogP contribution is 2.19. The van der Waals surface area contributed by atoms with Gasteiger partial charge in [-0.1, -0.05) is 0 Å². The van der Waals surface area contributed by atoms with E-state index >= 15 is 0 Å². The summed E-state index contributed by atoms with van der Waals surface area (Å²) < 4.78 is 16.0. The summed E-state index contributed by atoms with van der Waals surface area (Å²) in [6, 6.07) is 6.11. The quantitative estimate of drug-likeness (QED) is 0.868. The summed E-state index contributed by atoms with van der Waals surface area (Å²) in [5.41, 5.74) is 5.12. The van der Waals surface area contributed by atoms with Crippen LogP contribution in [0.25, 0.3) is 11.0 Å². The second kappa shape index (κ2) is 6.19. The summed E-state index contributed by atoms with van der Waals surface area (Å²) >= 11 is 0. The van der Waals surface area contributed by atoms with E-state index in [1.165, 1.54) is 12.1 Å². The average Bonchev–Trinajstić information content (AvgIpc) is 2.43. The van der Waals surface area contributed by atoms with Crippen LogP contribution in [0.4, 0.5) is 0 Å². The molecule has 6 heteroatoms. The third-order valence-electron chi connectivity index (χ3n) is 2.73. The molecule has 2 rings (SSSR count). The molecule has 0 bridgehead atoms. The fourth-order valence-electron chi connectivity index (χ4n) is 1.89. The van der Waals surface area contributed by atoms with Crippen molar-refractivity contribution in [1.29, 1.82) is 0 Å². The number of carbonyl (C=O) groups excluding carboxylic acids is 1. The van der Waals surface area contributed by atoms with Gasteiger partial charge in [0.25, 0.3) is 0 Å². The molecule has 0 unspecified atom stereocenters. The predicted octanol–water partition coefficient (Wildman–Crippen LogP) is 1.97. The van der Waals surface area contributed by atoms with Crippen LogP contribution in [-0.2, 0) is 16.1 Å². The van der Waals surface area contributed by atoms with Crippen molar-refractivity contribution in [2.75, 3.05) is 6.61 Å². The Morgan fingerprint density at radius 2 is 2.00 bits per heavy atom. The fourth-order valence-corrected chi connectivity index (χ4v) is 1.89. The summed E-state index contributed by atoms with van der Waals surface area (Å²) in [5.74, 6) is 0.337. The predicted molar refractivity (Wildman–Crippen MR) is 81.7 cm³/mol. The molecule has 0 aliphatic rings. The number of ether oxygens (including phenoxy) is 2. The highest BCUT2D eigenvalue weighted by atomic mass is 16.6. The van der Waals surface area contributed by atoms with Crippen LogP contribution < -0.4 is 15.9 Å². The van der Waals surface area contributed by atoms with Crippen LogP contribution in [0.1, 0.15) is 26.5 Å². The van der Waals surface area contributed by atoms with Gasteiger partial charge in [-0.05, 0) is 39.0 Å². The standard InChI is InChI=1S/C16H19NO5/c1-16(2,3)22-15(19)9-20-10-4-5-14-12(6-10)13(18)7-11(8-17)21-14/h4-7H,8-9,17H2,1-3H3. The molecule has 0 aliphatic carbocycles. The molecule has 0 spiro atoms. The van der Waals surface area contributed by atoms with Crippen molar-refractivity contribution < 1.29 is 18.7 Å². The molecule has 0 saturated heterocycles. The number of benzene rings is 1. The maximum absolute atomic E-state index is 12.0. The van der Waals surface area contributed by atoms with Gasteiger partial charge in [0.2, 0.25) is 0 Å². The molecule has 2 aromatic rings. The van der Waals surface area contributed by atoms with Crippen LogP contribution in [0, 0.1) is 0 Å². The van der Waals surface area contributed by atoms with Crippen LogP contribution in [-0.4, -0.2) is 18.2 Å². The largest absolute Gasteiger partial charge is 0.482 e. The van der Waals surface area contributed by atoms with E-state index in [1.807, 2.05) is 0 Å². The number of hydrogen-bond acceptors (Lipinski definition) is 6. The Kier molecular flexibility index (Phi) is 4.51. The first-order valence-electron chi connectivity index (χ1n) is 6.90. The number of esters is 1. The van der Waals surface area contributed by atoms with E-state index in [0.29, 0.717) is 22.5 Å². The SMILES string of the molecule is CC(C)(C)OC(=O)COc1ccc2oc(CN)cc(=O)c2c1. The van der Waals surface area contributed by atoms with E-state index in [1.54, 1.807) is 32.9 Å². The topological polar surface area (TPSA) is 91.8 Å². The van der Waals surface area contributed by atoms with Crippen LogP contribution >= 0.6 is 0 Å². The molecule has 0 aliphatic heterocycles. The van der Waals surface area contributed by atoms with Crippen LogP contribution in [0.15, 0.2) is 33.5 Å². The molecular weight excluding hydrogens is 286 g/mol. The Bertz CT molecular complexity index is 742. The summed E-state index contributed by atoms with van der Waals surface area (Å²) in [4.78, 5) is 23.6. The van der Waals surface area contributed by atoms with E-state index in [-0.39, 0.29) is 18.6 Å². The van der Waals surface area contributed by atoms with Crippen molar-refractivity contribution in [1.82, 2.24) is 0 Å². The minimum atomic E-state index is -0.566. The van der Waals surface area contributed by atoms with Gasteiger partial charge in [-0.3, -0.25) is 4.79 Å². The van der Waals surface area contributed by atoms with Gasteiger partial charge in [-0.2, -0.15) is 0 Å². The number of nitrogens with two attached hydrogens (primary N) is 1. The van der Waals surface area contributed by atoms with E-state index in [2.05, 4.69) is 0 Å². The smallest absolute Gasteiger partial charge is 0.344 e. The maximum Gasteiger partial charge on any atom is 0.344 e. The summed E-state index contributed by atoms with van der Waals surface area (Å²) in [7, 11) is 0.